The smallest absolute Gasteiger partial charge is 0.261 e. The summed E-state index contributed by atoms with van der Waals surface area (Å²) in [5, 5.41) is 18.2. The van der Waals surface area contributed by atoms with Gasteiger partial charge in [-0.25, -0.2) is 0 Å². The molecule has 0 fully saturated rings. The van der Waals surface area contributed by atoms with Crippen LogP contribution in [-0.2, 0) is 4.84 Å². The quantitative estimate of drug-likeness (QED) is 0.313. The first-order valence-corrected chi connectivity index (χ1v) is 3.51. The molecule has 0 atom stereocenters. The molecule has 0 aromatic carbocycles. The van der Waals surface area contributed by atoms with Crippen LogP contribution in [0.5, 0.6) is 0 Å². The molecule has 78 valence electrons. The average Bonchev–Trinajstić information content (AvgIpc) is 2.02. The first-order valence-electron chi connectivity index (χ1n) is 3.51. The maximum absolute atomic E-state index is 8.82. The van der Waals surface area contributed by atoms with E-state index in [2.05, 4.69) is 19.8 Å². The molecule has 0 unspecified atom stereocenters. The van der Waals surface area contributed by atoms with Crippen LogP contribution in [0, 0.1) is 0 Å². The molecule has 9 nitrogen and oxygen atoms in total. The highest BCUT2D eigenvalue weighted by molar-refractivity contribution is 5.37. The van der Waals surface area contributed by atoms with Gasteiger partial charge in [0.05, 0.1) is 7.11 Å². The number of aliphatic hydroxyl groups is 2. The van der Waals surface area contributed by atoms with Crippen LogP contribution in [0.1, 0.15) is 0 Å². The highest BCUT2D eigenvalue weighted by Gasteiger charge is 2.17. The third-order valence-electron chi connectivity index (χ3n) is 1.26. The number of hydroxylamine groups is 1. The summed E-state index contributed by atoms with van der Waals surface area (Å²) >= 11 is 0. The van der Waals surface area contributed by atoms with E-state index < -0.39 is 6.41 Å². The van der Waals surface area contributed by atoms with Crippen molar-refractivity contribution in [1.82, 2.24) is 15.0 Å². The summed E-state index contributed by atoms with van der Waals surface area (Å²) in [5.41, 5.74) is 10.5. The number of hydrogen-bond acceptors (Lipinski definition) is 9. The molecule has 14 heavy (non-hydrogen) atoms. The number of anilines is 3. The minimum absolute atomic E-state index is 0.143. The number of nitrogens with two attached hydrogens (primary N) is 2. The standard InChI is InChI=1S/C5H10N6O3/c1-14-11(5(12)13)4-9-2(6)8-3(7)10-4/h5,12-13H,1H3,(H4,6,7,8,9,10). The molecule has 0 aliphatic heterocycles. The van der Waals surface area contributed by atoms with Crippen LogP contribution in [0.25, 0.3) is 0 Å². The summed E-state index contributed by atoms with van der Waals surface area (Å²) in [5.74, 6) is -0.474. The monoisotopic (exact) mass is 202 g/mol. The van der Waals surface area contributed by atoms with E-state index in [9.17, 15) is 0 Å². The Kier molecular flexibility index (Phi) is 2.96. The Morgan fingerprint density at radius 3 is 2.07 bits per heavy atom. The van der Waals surface area contributed by atoms with Gasteiger partial charge in [-0.1, -0.05) is 0 Å². The second-order valence-corrected chi connectivity index (χ2v) is 2.21. The van der Waals surface area contributed by atoms with Crippen molar-refractivity contribution in [3.8, 4) is 0 Å². The molecule has 1 aromatic heterocycles. The molecule has 0 bridgehead atoms. The molecule has 9 heteroatoms. The third kappa shape index (κ3) is 2.16. The lowest BCUT2D eigenvalue weighted by Gasteiger charge is -2.20. The lowest BCUT2D eigenvalue weighted by molar-refractivity contribution is -0.105. The molecule has 0 aliphatic rings. The lowest BCUT2D eigenvalue weighted by atomic mass is 10.8. The predicted octanol–water partition coefficient (Wildman–Crippen LogP) is -2.33. The number of nitrogens with zero attached hydrogens (tertiary/aromatic N) is 4. The fourth-order valence-corrected chi connectivity index (χ4v) is 0.775. The molecule has 6 N–H and O–H groups in total. The minimum atomic E-state index is -1.92. The van der Waals surface area contributed by atoms with E-state index in [1.165, 1.54) is 7.11 Å². The van der Waals surface area contributed by atoms with Crippen LogP contribution in [0.4, 0.5) is 17.8 Å². The van der Waals surface area contributed by atoms with Crippen LogP contribution in [0.3, 0.4) is 0 Å². The summed E-state index contributed by atoms with van der Waals surface area (Å²) in [6, 6.07) is 0. The normalized spacial score (nSPS) is 10.6. The van der Waals surface area contributed by atoms with E-state index in [0.717, 1.165) is 0 Å². The zero-order valence-corrected chi connectivity index (χ0v) is 7.32. The number of rotatable bonds is 3. The Balaban J connectivity index is 3.04. The Morgan fingerprint density at radius 2 is 1.71 bits per heavy atom. The van der Waals surface area contributed by atoms with Gasteiger partial charge in [-0.05, 0) is 0 Å². The van der Waals surface area contributed by atoms with Crippen LogP contribution in [0.15, 0.2) is 0 Å². The fraction of sp³-hybridized carbons (Fsp3) is 0.400. The van der Waals surface area contributed by atoms with E-state index in [4.69, 9.17) is 21.7 Å². The van der Waals surface area contributed by atoms with Crippen molar-refractivity contribution in [2.75, 3.05) is 23.6 Å². The summed E-state index contributed by atoms with van der Waals surface area (Å²) in [6.45, 7) is 0. The fourth-order valence-electron chi connectivity index (χ4n) is 0.775. The van der Waals surface area contributed by atoms with E-state index >= 15 is 0 Å². The van der Waals surface area contributed by atoms with Crippen molar-refractivity contribution in [3.63, 3.8) is 0 Å². The maximum atomic E-state index is 8.82. The van der Waals surface area contributed by atoms with E-state index in [0.29, 0.717) is 5.06 Å². The molecule has 0 spiro atoms. The second-order valence-electron chi connectivity index (χ2n) is 2.21. The highest BCUT2D eigenvalue weighted by atomic mass is 16.7. The van der Waals surface area contributed by atoms with Gasteiger partial charge in [0.25, 0.3) is 12.4 Å². The van der Waals surface area contributed by atoms with Crippen molar-refractivity contribution in [1.29, 1.82) is 0 Å². The predicted molar refractivity (Wildman–Crippen MR) is 46.4 cm³/mol. The zero-order valence-electron chi connectivity index (χ0n) is 7.32. The van der Waals surface area contributed by atoms with Crippen molar-refractivity contribution >= 4 is 17.8 Å². The number of hydrogen-bond donors (Lipinski definition) is 4. The van der Waals surface area contributed by atoms with Gasteiger partial charge < -0.3 is 21.7 Å². The number of nitrogen functional groups attached to an aromatic ring is 2. The maximum Gasteiger partial charge on any atom is 0.261 e. The lowest BCUT2D eigenvalue weighted by Crippen LogP contribution is -2.35. The Hall–Kier alpha value is -1.71. The van der Waals surface area contributed by atoms with Gasteiger partial charge in [0.1, 0.15) is 0 Å². The summed E-state index contributed by atoms with van der Waals surface area (Å²) in [4.78, 5) is 15.2. The summed E-state index contributed by atoms with van der Waals surface area (Å²) < 4.78 is 0. The Labute approximate surface area is 78.9 Å². The van der Waals surface area contributed by atoms with Crippen LogP contribution < -0.4 is 16.5 Å². The number of aliphatic hydroxyl groups excluding tert-OH is 1. The van der Waals surface area contributed by atoms with Gasteiger partial charge in [0, 0.05) is 0 Å². The first kappa shape index (κ1) is 10.4. The van der Waals surface area contributed by atoms with Crippen molar-refractivity contribution in [2.24, 2.45) is 0 Å². The van der Waals surface area contributed by atoms with Gasteiger partial charge in [-0.2, -0.15) is 20.0 Å². The number of aromatic nitrogens is 3. The van der Waals surface area contributed by atoms with Gasteiger partial charge >= 0.3 is 0 Å². The molecule has 0 aliphatic carbocycles. The molecule has 0 amide bonds. The molecule has 0 radical (unpaired) electrons. The van der Waals surface area contributed by atoms with E-state index in [-0.39, 0.29) is 17.8 Å². The molecule has 0 saturated carbocycles. The van der Waals surface area contributed by atoms with Crippen LogP contribution in [0.2, 0.25) is 0 Å². The SMILES string of the molecule is CON(c1nc(N)nc(N)n1)C(O)O. The summed E-state index contributed by atoms with van der Waals surface area (Å²) in [6.07, 6.45) is -1.92. The Morgan fingerprint density at radius 1 is 1.21 bits per heavy atom. The summed E-state index contributed by atoms with van der Waals surface area (Å²) in [7, 11) is 1.20. The molecule has 1 rings (SSSR count). The highest BCUT2D eigenvalue weighted by Crippen LogP contribution is 2.11. The molecular formula is C5H10N6O3. The zero-order chi connectivity index (χ0) is 10.7. The average molecular weight is 202 g/mol. The van der Waals surface area contributed by atoms with Gasteiger partial charge in [-0.15, -0.1) is 0 Å². The first-order chi connectivity index (χ1) is 6.54. The molecule has 0 saturated heterocycles. The topological polar surface area (TPSA) is 144 Å². The largest absolute Gasteiger partial charge is 0.368 e. The van der Waals surface area contributed by atoms with Crippen molar-refractivity contribution in [3.05, 3.63) is 0 Å². The van der Waals surface area contributed by atoms with Crippen molar-refractivity contribution in [2.45, 2.75) is 6.41 Å². The second kappa shape index (κ2) is 4.00. The van der Waals surface area contributed by atoms with E-state index in [1.807, 2.05) is 0 Å². The van der Waals surface area contributed by atoms with Crippen LogP contribution in [-0.4, -0.2) is 38.7 Å². The van der Waals surface area contributed by atoms with Gasteiger partial charge in [-0.3, -0.25) is 4.84 Å². The van der Waals surface area contributed by atoms with Crippen molar-refractivity contribution < 1.29 is 15.1 Å². The molecule has 1 heterocycles. The third-order valence-corrected chi connectivity index (χ3v) is 1.26. The van der Waals surface area contributed by atoms with Gasteiger partial charge in [0.2, 0.25) is 11.9 Å². The van der Waals surface area contributed by atoms with Crippen LogP contribution >= 0.6 is 0 Å². The molecule has 1 aromatic rings. The molecular weight excluding hydrogens is 192 g/mol. The Bertz CT molecular complexity index is 298. The van der Waals surface area contributed by atoms with Gasteiger partial charge in [0.15, 0.2) is 0 Å². The van der Waals surface area contributed by atoms with E-state index in [1.54, 1.807) is 0 Å². The minimum Gasteiger partial charge on any atom is -0.368 e.